The van der Waals surface area contributed by atoms with Gasteiger partial charge in [-0.3, -0.25) is 0 Å². The van der Waals surface area contributed by atoms with Crippen LogP contribution in [0.4, 0.5) is 0 Å². The molecule has 3 nitrogen and oxygen atoms in total. The monoisotopic (exact) mass is 223 g/mol. The third-order valence-electron chi connectivity index (χ3n) is 3.15. The van der Waals surface area contributed by atoms with Gasteiger partial charge in [-0.2, -0.15) is 0 Å². The first-order valence-electron chi connectivity index (χ1n) is 5.87. The summed E-state index contributed by atoms with van der Waals surface area (Å²) in [6, 6.07) is 0.461. The molecule has 2 atom stereocenters. The predicted molar refractivity (Wildman–Crippen MR) is 65.1 cm³/mol. The summed E-state index contributed by atoms with van der Waals surface area (Å²) in [7, 11) is 0. The zero-order valence-electron chi connectivity index (χ0n) is 10.1. The van der Waals surface area contributed by atoms with Crippen LogP contribution in [0.25, 0.3) is 0 Å². The van der Waals surface area contributed by atoms with Crippen molar-refractivity contribution in [2.24, 2.45) is 5.92 Å². The Balaban J connectivity index is 2.78. The van der Waals surface area contributed by atoms with E-state index in [-0.39, 0.29) is 0 Å². The highest BCUT2D eigenvalue weighted by Crippen LogP contribution is 2.26. The molecule has 1 unspecified atom stereocenters. The van der Waals surface area contributed by atoms with Crippen molar-refractivity contribution in [1.29, 1.82) is 0 Å². The maximum Gasteiger partial charge on any atom is 0.330 e. The van der Waals surface area contributed by atoms with Gasteiger partial charge in [0.2, 0.25) is 0 Å². The summed E-state index contributed by atoms with van der Waals surface area (Å²) < 4.78 is 0. The van der Waals surface area contributed by atoms with Crippen LogP contribution in [0, 0.1) is 5.92 Å². The average molecular weight is 223 g/mol. The lowest BCUT2D eigenvalue weighted by atomic mass is 10.0. The van der Waals surface area contributed by atoms with Crippen LogP contribution in [0.5, 0.6) is 0 Å². The summed E-state index contributed by atoms with van der Waals surface area (Å²) in [6.45, 7) is 8.93. The summed E-state index contributed by atoms with van der Waals surface area (Å²) in [5.74, 6) is -0.538. The highest BCUT2D eigenvalue weighted by atomic mass is 16.4. The second kappa shape index (κ2) is 5.73. The largest absolute Gasteiger partial charge is 0.478 e. The number of rotatable bonds is 5. The molecule has 16 heavy (non-hydrogen) atoms. The van der Waals surface area contributed by atoms with E-state index >= 15 is 0 Å². The van der Waals surface area contributed by atoms with Gasteiger partial charge in [0.1, 0.15) is 0 Å². The fraction of sp³-hybridized carbons (Fsp3) is 0.615. The Bertz CT molecular complexity index is 296. The van der Waals surface area contributed by atoms with E-state index < -0.39 is 5.97 Å². The standard InChI is InChI=1S/C13H21NO2/c1-4-10(2)8-12(9-13(15)16)14-7-5-6-11(14)3/h4,9-11H,1,5-8H2,2-3H3,(H,15,16)/t10-,11?/m1/s1. The molecule has 0 radical (unpaired) electrons. The lowest BCUT2D eigenvalue weighted by Gasteiger charge is -2.27. The quantitative estimate of drug-likeness (QED) is 0.575. The van der Waals surface area contributed by atoms with Crippen LogP contribution in [0.2, 0.25) is 0 Å². The van der Waals surface area contributed by atoms with Crippen LogP contribution in [0.3, 0.4) is 0 Å². The van der Waals surface area contributed by atoms with Gasteiger partial charge in [0.15, 0.2) is 0 Å². The van der Waals surface area contributed by atoms with Crippen LogP contribution >= 0.6 is 0 Å². The number of hydrogen-bond donors (Lipinski definition) is 1. The molecule has 1 heterocycles. The fourth-order valence-electron chi connectivity index (χ4n) is 2.17. The van der Waals surface area contributed by atoms with Crippen molar-refractivity contribution >= 4 is 5.97 Å². The molecule has 0 aromatic rings. The lowest BCUT2D eigenvalue weighted by molar-refractivity contribution is -0.131. The molecule has 0 aliphatic carbocycles. The van der Waals surface area contributed by atoms with E-state index in [0.29, 0.717) is 12.0 Å². The van der Waals surface area contributed by atoms with E-state index in [4.69, 9.17) is 5.11 Å². The molecule has 90 valence electrons. The van der Waals surface area contributed by atoms with E-state index in [2.05, 4.69) is 25.3 Å². The third kappa shape index (κ3) is 3.40. The van der Waals surface area contributed by atoms with Gasteiger partial charge in [0, 0.05) is 24.4 Å². The van der Waals surface area contributed by atoms with Gasteiger partial charge in [-0.1, -0.05) is 13.0 Å². The third-order valence-corrected chi connectivity index (χ3v) is 3.15. The van der Waals surface area contributed by atoms with Crippen LogP contribution in [0.1, 0.15) is 33.1 Å². The molecule has 1 fully saturated rings. The Morgan fingerprint density at radius 2 is 2.38 bits per heavy atom. The van der Waals surface area contributed by atoms with E-state index in [0.717, 1.165) is 31.5 Å². The van der Waals surface area contributed by atoms with Crippen molar-refractivity contribution in [3.63, 3.8) is 0 Å². The topological polar surface area (TPSA) is 40.5 Å². The van der Waals surface area contributed by atoms with Gasteiger partial charge in [-0.25, -0.2) is 4.79 Å². The zero-order chi connectivity index (χ0) is 12.1. The number of carboxylic acids is 1. The van der Waals surface area contributed by atoms with Crippen molar-refractivity contribution in [3.8, 4) is 0 Å². The minimum atomic E-state index is -0.856. The van der Waals surface area contributed by atoms with Gasteiger partial charge >= 0.3 is 5.97 Å². The number of hydrogen-bond acceptors (Lipinski definition) is 2. The maximum absolute atomic E-state index is 10.8. The fourth-order valence-corrected chi connectivity index (χ4v) is 2.17. The van der Waals surface area contributed by atoms with Gasteiger partial charge < -0.3 is 10.0 Å². The molecule has 1 aliphatic rings. The molecular weight excluding hydrogens is 202 g/mol. The first-order chi connectivity index (χ1) is 7.54. The van der Waals surface area contributed by atoms with E-state index in [1.165, 1.54) is 6.08 Å². The maximum atomic E-state index is 10.8. The van der Waals surface area contributed by atoms with Crippen LogP contribution in [0.15, 0.2) is 24.4 Å². The zero-order valence-corrected chi connectivity index (χ0v) is 10.1. The Kier molecular flexibility index (Phi) is 4.59. The summed E-state index contributed by atoms with van der Waals surface area (Å²) in [6.07, 6.45) is 6.29. The van der Waals surface area contributed by atoms with Crippen molar-refractivity contribution in [1.82, 2.24) is 4.90 Å². The van der Waals surface area contributed by atoms with Crippen LogP contribution in [-0.4, -0.2) is 28.6 Å². The van der Waals surface area contributed by atoms with E-state index in [1.807, 2.05) is 6.08 Å². The Labute approximate surface area is 97.4 Å². The molecule has 0 spiro atoms. The van der Waals surface area contributed by atoms with Gasteiger partial charge in [0.05, 0.1) is 0 Å². The molecular formula is C13H21NO2. The molecule has 0 amide bonds. The second-order valence-corrected chi connectivity index (χ2v) is 4.58. The Morgan fingerprint density at radius 1 is 1.69 bits per heavy atom. The lowest BCUT2D eigenvalue weighted by Crippen LogP contribution is -2.27. The molecule has 1 rings (SSSR count). The molecule has 1 saturated heterocycles. The molecule has 0 saturated carbocycles. The van der Waals surface area contributed by atoms with Crippen molar-refractivity contribution in [3.05, 3.63) is 24.4 Å². The smallest absolute Gasteiger partial charge is 0.330 e. The van der Waals surface area contributed by atoms with E-state index in [9.17, 15) is 4.79 Å². The van der Waals surface area contributed by atoms with Gasteiger partial charge in [0.25, 0.3) is 0 Å². The normalized spacial score (nSPS) is 23.2. The SMILES string of the molecule is C=C[C@@H](C)CC(=CC(=O)O)N1CCCC1C. The number of aliphatic carboxylic acids is 1. The summed E-state index contributed by atoms with van der Waals surface area (Å²) in [4.78, 5) is 13.0. The van der Waals surface area contributed by atoms with Crippen molar-refractivity contribution in [2.45, 2.75) is 39.2 Å². The minimum absolute atomic E-state index is 0.318. The first-order valence-corrected chi connectivity index (χ1v) is 5.87. The molecule has 3 heteroatoms. The number of carboxylic acid groups (broad SMARTS) is 1. The number of likely N-dealkylation sites (tertiary alicyclic amines) is 1. The summed E-state index contributed by atoms with van der Waals surface area (Å²) >= 11 is 0. The highest BCUT2D eigenvalue weighted by molar-refractivity contribution is 5.80. The highest BCUT2D eigenvalue weighted by Gasteiger charge is 2.23. The molecule has 0 bridgehead atoms. The molecule has 1 N–H and O–H groups in total. The Hall–Kier alpha value is -1.25. The minimum Gasteiger partial charge on any atom is -0.478 e. The van der Waals surface area contributed by atoms with Crippen LogP contribution < -0.4 is 0 Å². The van der Waals surface area contributed by atoms with Gasteiger partial charge in [-0.05, 0) is 32.1 Å². The summed E-state index contributed by atoms with van der Waals surface area (Å²) in [5.41, 5.74) is 0.935. The number of allylic oxidation sites excluding steroid dienone is 2. The Morgan fingerprint density at radius 3 is 2.81 bits per heavy atom. The van der Waals surface area contributed by atoms with Crippen molar-refractivity contribution in [2.75, 3.05) is 6.54 Å². The van der Waals surface area contributed by atoms with Gasteiger partial charge in [-0.15, -0.1) is 6.58 Å². The number of nitrogens with zero attached hydrogens (tertiary/aromatic N) is 1. The first kappa shape index (κ1) is 12.8. The average Bonchev–Trinajstić information content (AvgIpc) is 2.62. The molecule has 0 aromatic heterocycles. The second-order valence-electron chi connectivity index (χ2n) is 4.58. The molecule has 0 aromatic carbocycles. The van der Waals surface area contributed by atoms with E-state index in [1.54, 1.807) is 0 Å². The van der Waals surface area contributed by atoms with Crippen molar-refractivity contribution < 1.29 is 9.90 Å². The summed E-state index contributed by atoms with van der Waals surface area (Å²) in [5, 5.41) is 8.89. The predicted octanol–water partition coefficient (Wildman–Crippen LogP) is 2.65. The molecule has 1 aliphatic heterocycles. The number of carbonyl (C=O) groups is 1. The van der Waals surface area contributed by atoms with Crippen LogP contribution in [-0.2, 0) is 4.79 Å².